The Hall–Kier alpha value is -3.45. The molecule has 1 aromatic heterocycles. The zero-order chi connectivity index (χ0) is 23.4. The fraction of sp³-hybridized carbons (Fsp3) is 0.269. The van der Waals surface area contributed by atoms with Crippen LogP contribution in [0, 0.1) is 13.8 Å². The number of ether oxygens (including phenoxy) is 1. The molecule has 1 N–H and O–H groups in total. The molecule has 0 bridgehead atoms. The molecule has 2 heterocycles. The molecule has 1 aliphatic heterocycles. The maximum atomic E-state index is 13.3. The fourth-order valence-electron chi connectivity index (χ4n) is 3.96. The van der Waals surface area contributed by atoms with Crippen molar-refractivity contribution in [2.24, 2.45) is 0 Å². The summed E-state index contributed by atoms with van der Waals surface area (Å²) in [4.78, 5) is 41.5. The van der Waals surface area contributed by atoms with Gasteiger partial charge in [-0.3, -0.25) is 9.59 Å². The molecular formula is C26H26N2O4S. The van der Waals surface area contributed by atoms with Gasteiger partial charge >= 0.3 is 5.97 Å². The molecule has 3 aromatic rings. The summed E-state index contributed by atoms with van der Waals surface area (Å²) >= 11 is 1.34. The van der Waals surface area contributed by atoms with Crippen molar-refractivity contribution in [2.75, 3.05) is 11.9 Å². The second-order valence-electron chi connectivity index (χ2n) is 8.17. The van der Waals surface area contributed by atoms with Gasteiger partial charge < -0.3 is 15.0 Å². The first kappa shape index (κ1) is 22.7. The van der Waals surface area contributed by atoms with Crippen molar-refractivity contribution < 1.29 is 19.1 Å². The zero-order valence-corrected chi connectivity index (χ0v) is 19.4. The molecule has 1 fully saturated rings. The van der Waals surface area contributed by atoms with Crippen LogP contribution < -0.4 is 5.32 Å². The van der Waals surface area contributed by atoms with Crippen LogP contribution in [0.2, 0.25) is 0 Å². The number of nitrogens with zero attached hydrogens (tertiary/aromatic N) is 1. The van der Waals surface area contributed by atoms with Gasteiger partial charge in [-0.15, -0.1) is 11.3 Å². The van der Waals surface area contributed by atoms with E-state index in [0.29, 0.717) is 35.5 Å². The van der Waals surface area contributed by atoms with Crippen molar-refractivity contribution in [3.05, 3.63) is 87.6 Å². The van der Waals surface area contributed by atoms with E-state index >= 15 is 0 Å². The molecule has 0 radical (unpaired) electrons. The van der Waals surface area contributed by atoms with E-state index in [2.05, 4.69) is 5.32 Å². The maximum Gasteiger partial charge on any atom is 0.329 e. The smallest absolute Gasteiger partial charge is 0.329 e. The zero-order valence-electron chi connectivity index (χ0n) is 18.6. The number of carbonyl (C=O) groups is 3. The molecular weight excluding hydrogens is 436 g/mol. The summed E-state index contributed by atoms with van der Waals surface area (Å²) in [5.41, 5.74) is 3.17. The fourth-order valence-corrected chi connectivity index (χ4v) is 4.64. The van der Waals surface area contributed by atoms with Gasteiger partial charge in [0, 0.05) is 17.8 Å². The molecule has 2 aromatic carbocycles. The number of aryl methyl sites for hydroxylation is 2. The average Bonchev–Trinajstić information content (AvgIpc) is 3.52. The number of hydrogen-bond donors (Lipinski definition) is 1. The van der Waals surface area contributed by atoms with Crippen LogP contribution >= 0.6 is 11.3 Å². The van der Waals surface area contributed by atoms with Crippen molar-refractivity contribution in [3.63, 3.8) is 0 Å². The lowest BCUT2D eigenvalue weighted by Gasteiger charge is -2.25. The summed E-state index contributed by atoms with van der Waals surface area (Å²) in [6.45, 7) is 4.34. The quantitative estimate of drug-likeness (QED) is 0.529. The van der Waals surface area contributed by atoms with Crippen molar-refractivity contribution in [1.29, 1.82) is 0 Å². The summed E-state index contributed by atoms with van der Waals surface area (Å²) in [5, 5.41) is 4.74. The molecule has 6 nitrogen and oxygen atoms in total. The number of anilines is 1. The van der Waals surface area contributed by atoms with E-state index in [4.69, 9.17) is 4.74 Å². The van der Waals surface area contributed by atoms with E-state index in [-0.39, 0.29) is 5.91 Å². The summed E-state index contributed by atoms with van der Waals surface area (Å²) in [5.74, 6) is -1.18. The van der Waals surface area contributed by atoms with Crippen LogP contribution in [-0.2, 0) is 14.3 Å². The summed E-state index contributed by atoms with van der Waals surface area (Å²) in [6.07, 6.45) is 0.0929. The summed E-state index contributed by atoms with van der Waals surface area (Å²) in [6, 6.07) is 17.6. The monoisotopic (exact) mass is 462 g/mol. The highest BCUT2D eigenvalue weighted by atomic mass is 32.1. The SMILES string of the molecule is Cc1ccc(C)c(NC(=O)C(OC(=O)C2CCCN2C(=O)c2cccs2)c2ccccc2)c1. The lowest BCUT2D eigenvalue weighted by molar-refractivity contribution is -0.158. The molecule has 170 valence electrons. The van der Waals surface area contributed by atoms with Crippen LogP contribution in [0.4, 0.5) is 5.69 Å². The van der Waals surface area contributed by atoms with E-state index in [1.54, 1.807) is 35.2 Å². The van der Waals surface area contributed by atoms with Gasteiger partial charge in [-0.25, -0.2) is 4.79 Å². The Bertz CT molecular complexity index is 1140. The average molecular weight is 463 g/mol. The van der Waals surface area contributed by atoms with Crippen molar-refractivity contribution in [1.82, 2.24) is 4.90 Å². The molecule has 33 heavy (non-hydrogen) atoms. The Morgan fingerprint density at radius 1 is 1.06 bits per heavy atom. The van der Waals surface area contributed by atoms with Crippen molar-refractivity contribution >= 4 is 34.8 Å². The number of rotatable bonds is 6. The minimum atomic E-state index is -1.13. The number of benzene rings is 2. The first-order valence-electron chi connectivity index (χ1n) is 10.9. The predicted molar refractivity (Wildman–Crippen MR) is 128 cm³/mol. The van der Waals surface area contributed by atoms with Gasteiger partial charge in [-0.05, 0) is 55.3 Å². The number of esters is 1. The molecule has 2 atom stereocenters. The van der Waals surface area contributed by atoms with Crippen LogP contribution in [0.25, 0.3) is 0 Å². The van der Waals surface area contributed by atoms with Gasteiger partial charge in [0.15, 0.2) is 0 Å². The molecule has 1 aliphatic rings. The molecule has 0 saturated carbocycles. The number of carbonyl (C=O) groups excluding carboxylic acids is 3. The molecule has 4 rings (SSSR count). The Morgan fingerprint density at radius 3 is 2.58 bits per heavy atom. The Balaban J connectivity index is 1.55. The molecule has 0 spiro atoms. The molecule has 2 unspecified atom stereocenters. The summed E-state index contributed by atoms with van der Waals surface area (Å²) < 4.78 is 5.78. The third kappa shape index (κ3) is 5.14. The summed E-state index contributed by atoms with van der Waals surface area (Å²) in [7, 11) is 0. The van der Waals surface area contributed by atoms with Gasteiger partial charge in [-0.1, -0.05) is 48.5 Å². The third-order valence-electron chi connectivity index (χ3n) is 5.74. The van der Waals surface area contributed by atoms with Gasteiger partial charge in [0.25, 0.3) is 11.8 Å². The number of thiophene rings is 1. The van der Waals surface area contributed by atoms with E-state index in [1.165, 1.54) is 11.3 Å². The molecule has 2 amide bonds. The van der Waals surface area contributed by atoms with Gasteiger partial charge in [0.1, 0.15) is 6.04 Å². The Morgan fingerprint density at radius 2 is 1.85 bits per heavy atom. The van der Waals surface area contributed by atoms with Crippen molar-refractivity contribution in [2.45, 2.75) is 38.8 Å². The highest BCUT2D eigenvalue weighted by Gasteiger charge is 2.38. The second-order valence-corrected chi connectivity index (χ2v) is 9.12. The van der Waals surface area contributed by atoms with Gasteiger partial charge in [0.2, 0.25) is 6.10 Å². The minimum Gasteiger partial charge on any atom is -0.446 e. The lowest BCUT2D eigenvalue weighted by Crippen LogP contribution is -2.42. The van der Waals surface area contributed by atoms with Gasteiger partial charge in [0.05, 0.1) is 4.88 Å². The van der Waals surface area contributed by atoms with Crippen LogP contribution in [-0.4, -0.2) is 35.3 Å². The van der Waals surface area contributed by atoms with E-state index in [1.807, 2.05) is 49.6 Å². The number of nitrogens with one attached hydrogen (secondary N) is 1. The maximum absolute atomic E-state index is 13.3. The minimum absolute atomic E-state index is 0.180. The van der Waals surface area contributed by atoms with Crippen LogP contribution in [0.3, 0.4) is 0 Å². The predicted octanol–water partition coefficient (Wildman–Crippen LogP) is 4.89. The van der Waals surface area contributed by atoms with Crippen molar-refractivity contribution in [3.8, 4) is 0 Å². The Labute approximate surface area is 197 Å². The third-order valence-corrected chi connectivity index (χ3v) is 6.60. The normalized spacial score (nSPS) is 16.3. The van der Waals surface area contributed by atoms with Crippen LogP contribution in [0.1, 0.15) is 45.3 Å². The van der Waals surface area contributed by atoms with E-state index in [0.717, 1.165) is 11.1 Å². The lowest BCUT2D eigenvalue weighted by atomic mass is 10.1. The first-order chi connectivity index (χ1) is 15.9. The first-order valence-corrected chi connectivity index (χ1v) is 11.8. The molecule has 1 saturated heterocycles. The number of amides is 2. The number of hydrogen-bond acceptors (Lipinski definition) is 5. The van der Waals surface area contributed by atoms with E-state index < -0.39 is 24.0 Å². The largest absolute Gasteiger partial charge is 0.446 e. The van der Waals surface area contributed by atoms with Crippen LogP contribution in [0.5, 0.6) is 0 Å². The number of likely N-dealkylation sites (tertiary alicyclic amines) is 1. The van der Waals surface area contributed by atoms with Gasteiger partial charge in [-0.2, -0.15) is 0 Å². The second kappa shape index (κ2) is 10.0. The molecule has 7 heteroatoms. The Kier molecular flexibility index (Phi) is 6.89. The standard InChI is InChI=1S/C26H26N2O4S/c1-17-12-13-18(2)20(16-17)27-24(29)23(19-8-4-3-5-9-19)32-26(31)21-10-6-14-28(21)25(30)22-11-7-15-33-22/h3-5,7-9,11-13,15-16,21,23H,6,10,14H2,1-2H3,(H,27,29). The van der Waals surface area contributed by atoms with Crippen LogP contribution in [0.15, 0.2) is 66.0 Å². The molecule has 0 aliphatic carbocycles. The highest BCUT2D eigenvalue weighted by molar-refractivity contribution is 7.12. The topological polar surface area (TPSA) is 75.7 Å². The van der Waals surface area contributed by atoms with E-state index in [9.17, 15) is 14.4 Å². The highest BCUT2D eigenvalue weighted by Crippen LogP contribution is 2.27.